The van der Waals surface area contributed by atoms with Crippen LogP contribution in [0.4, 0.5) is 11.4 Å². The molecule has 0 fully saturated rings. The van der Waals surface area contributed by atoms with Crippen LogP contribution in [0.3, 0.4) is 0 Å². The van der Waals surface area contributed by atoms with Crippen LogP contribution in [0.15, 0.2) is 48.5 Å². The zero-order valence-corrected chi connectivity index (χ0v) is 9.46. The molecule has 3 rings (SSSR count). The van der Waals surface area contributed by atoms with Crippen LogP contribution in [0.1, 0.15) is 0 Å². The number of nitro groups is 1. The SMILES string of the molecule is Nc1cccc2cc3c([N+](=O)[O-])cccc3cc12. The van der Waals surface area contributed by atoms with Crippen LogP contribution in [-0.2, 0) is 0 Å². The lowest BCUT2D eigenvalue weighted by Gasteiger charge is -2.05. The van der Waals surface area contributed by atoms with Gasteiger partial charge in [-0.05, 0) is 29.0 Å². The Morgan fingerprint density at radius 2 is 1.56 bits per heavy atom. The molecule has 0 unspecified atom stereocenters. The van der Waals surface area contributed by atoms with Crippen molar-refractivity contribution in [2.45, 2.75) is 0 Å². The summed E-state index contributed by atoms with van der Waals surface area (Å²) in [6, 6.07) is 14.3. The third-order valence-corrected chi connectivity index (χ3v) is 3.09. The molecule has 0 atom stereocenters. The van der Waals surface area contributed by atoms with E-state index < -0.39 is 0 Å². The predicted octanol–water partition coefficient (Wildman–Crippen LogP) is 3.48. The predicted molar refractivity (Wildman–Crippen MR) is 72.5 cm³/mol. The monoisotopic (exact) mass is 238 g/mol. The van der Waals surface area contributed by atoms with E-state index >= 15 is 0 Å². The van der Waals surface area contributed by atoms with E-state index in [0.717, 1.165) is 16.2 Å². The standard InChI is InChI=1S/C14H10N2O2/c15-13-5-1-3-9-8-12-10(7-11(9)13)4-2-6-14(12)16(17)18/h1-8H,15H2. The fraction of sp³-hybridized carbons (Fsp3) is 0. The minimum absolute atomic E-state index is 0.122. The van der Waals surface area contributed by atoms with Crippen LogP contribution in [-0.4, -0.2) is 4.92 Å². The van der Waals surface area contributed by atoms with Gasteiger partial charge in [0.1, 0.15) is 0 Å². The molecule has 2 N–H and O–H groups in total. The molecule has 0 aliphatic rings. The zero-order valence-electron chi connectivity index (χ0n) is 9.46. The van der Waals surface area contributed by atoms with Crippen LogP contribution in [0.2, 0.25) is 0 Å². The maximum Gasteiger partial charge on any atom is 0.277 e. The molecule has 18 heavy (non-hydrogen) atoms. The van der Waals surface area contributed by atoms with Crippen LogP contribution in [0, 0.1) is 10.1 Å². The third kappa shape index (κ3) is 1.47. The number of nitrogens with zero attached hydrogens (tertiary/aromatic N) is 1. The Morgan fingerprint density at radius 3 is 2.28 bits per heavy atom. The van der Waals surface area contributed by atoms with Gasteiger partial charge in [0.15, 0.2) is 0 Å². The van der Waals surface area contributed by atoms with Gasteiger partial charge in [-0.25, -0.2) is 0 Å². The summed E-state index contributed by atoms with van der Waals surface area (Å²) in [6.45, 7) is 0. The Labute approximate surface area is 103 Å². The summed E-state index contributed by atoms with van der Waals surface area (Å²) >= 11 is 0. The molecule has 0 aromatic heterocycles. The van der Waals surface area contributed by atoms with Crippen molar-refractivity contribution in [3.05, 3.63) is 58.6 Å². The average molecular weight is 238 g/mol. The fourth-order valence-electron chi connectivity index (χ4n) is 2.22. The number of hydrogen-bond acceptors (Lipinski definition) is 3. The maximum atomic E-state index is 11.0. The second kappa shape index (κ2) is 3.70. The van der Waals surface area contributed by atoms with E-state index in [-0.39, 0.29) is 10.6 Å². The molecule has 0 aliphatic carbocycles. The lowest BCUT2D eigenvalue weighted by Crippen LogP contribution is -1.91. The van der Waals surface area contributed by atoms with E-state index in [9.17, 15) is 10.1 Å². The highest BCUT2D eigenvalue weighted by Gasteiger charge is 2.12. The Balaban J connectivity index is 2.49. The Morgan fingerprint density at radius 1 is 0.944 bits per heavy atom. The quantitative estimate of drug-likeness (QED) is 0.305. The van der Waals surface area contributed by atoms with Gasteiger partial charge in [-0.15, -0.1) is 0 Å². The Kier molecular flexibility index (Phi) is 2.16. The van der Waals surface area contributed by atoms with Gasteiger partial charge < -0.3 is 5.73 Å². The highest BCUT2D eigenvalue weighted by molar-refractivity contribution is 6.05. The number of anilines is 1. The topological polar surface area (TPSA) is 69.2 Å². The summed E-state index contributed by atoms with van der Waals surface area (Å²) in [5.41, 5.74) is 6.71. The highest BCUT2D eigenvalue weighted by atomic mass is 16.6. The molecule has 0 bridgehead atoms. The number of rotatable bonds is 1. The molecule has 88 valence electrons. The van der Waals surface area contributed by atoms with E-state index in [1.807, 2.05) is 36.4 Å². The lowest BCUT2D eigenvalue weighted by molar-refractivity contribution is -0.383. The number of non-ortho nitro benzene ring substituents is 1. The van der Waals surface area contributed by atoms with Crippen LogP contribution in [0.5, 0.6) is 0 Å². The van der Waals surface area contributed by atoms with Crippen molar-refractivity contribution in [2.24, 2.45) is 0 Å². The molecule has 4 nitrogen and oxygen atoms in total. The molecule has 3 aromatic rings. The number of benzene rings is 3. The molecule has 3 aromatic carbocycles. The van der Waals surface area contributed by atoms with Gasteiger partial charge in [-0.2, -0.15) is 0 Å². The van der Waals surface area contributed by atoms with Crippen molar-refractivity contribution in [3.63, 3.8) is 0 Å². The van der Waals surface area contributed by atoms with Gasteiger partial charge in [0.2, 0.25) is 0 Å². The average Bonchev–Trinajstić information content (AvgIpc) is 2.36. The third-order valence-electron chi connectivity index (χ3n) is 3.09. The van der Waals surface area contributed by atoms with Crippen molar-refractivity contribution in [2.75, 3.05) is 5.73 Å². The smallest absolute Gasteiger partial charge is 0.277 e. The summed E-state index contributed by atoms with van der Waals surface area (Å²) in [7, 11) is 0. The molecular weight excluding hydrogens is 228 g/mol. The number of nitrogen functional groups attached to an aromatic ring is 1. The first-order valence-electron chi connectivity index (χ1n) is 5.52. The summed E-state index contributed by atoms with van der Waals surface area (Å²) in [5.74, 6) is 0. The maximum absolute atomic E-state index is 11.0. The first kappa shape index (κ1) is 10.5. The minimum atomic E-state index is -0.361. The fourth-order valence-corrected chi connectivity index (χ4v) is 2.22. The van der Waals surface area contributed by atoms with E-state index in [2.05, 4.69) is 0 Å². The molecule has 4 heteroatoms. The number of nitro benzene ring substituents is 1. The molecule has 0 heterocycles. The molecule has 0 saturated heterocycles. The van der Waals surface area contributed by atoms with Gasteiger partial charge in [-0.1, -0.05) is 24.3 Å². The van der Waals surface area contributed by atoms with Gasteiger partial charge >= 0.3 is 0 Å². The number of hydrogen-bond donors (Lipinski definition) is 1. The van der Waals surface area contributed by atoms with Crippen molar-refractivity contribution in [1.82, 2.24) is 0 Å². The van der Waals surface area contributed by atoms with E-state index in [1.54, 1.807) is 6.07 Å². The lowest BCUT2D eigenvalue weighted by atomic mass is 10.0. The Bertz CT molecular complexity index is 781. The number of nitrogens with two attached hydrogens (primary N) is 1. The van der Waals surface area contributed by atoms with E-state index in [0.29, 0.717) is 11.1 Å². The second-order valence-electron chi connectivity index (χ2n) is 4.18. The molecule has 0 spiro atoms. The Hall–Kier alpha value is -2.62. The summed E-state index contributed by atoms with van der Waals surface area (Å²) in [6.07, 6.45) is 0. The summed E-state index contributed by atoms with van der Waals surface area (Å²) in [5, 5.41) is 14.3. The van der Waals surface area contributed by atoms with Crippen LogP contribution in [0.25, 0.3) is 21.5 Å². The normalized spacial score (nSPS) is 10.9. The van der Waals surface area contributed by atoms with Crippen LogP contribution >= 0.6 is 0 Å². The molecular formula is C14H10N2O2. The number of fused-ring (bicyclic) bond motifs is 2. The van der Waals surface area contributed by atoms with Crippen molar-refractivity contribution >= 4 is 32.9 Å². The van der Waals surface area contributed by atoms with Gasteiger partial charge in [0, 0.05) is 17.1 Å². The van der Waals surface area contributed by atoms with E-state index in [4.69, 9.17) is 5.73 Å². The van der Waals surface area contributed by atoms with Crippen LogP contribution < -0.4 is 5.73 Å². The highest BCUT2D eigenvalue weighted by Crippen LogP contribution is 2.31. The van der Waals surface area contributed by atoms with Gasteiger partial charge in [0.05, 0.1) is 10.3 Å². The first-order chi connectivity index (χ1) is 8.66. The van der Waals surface area contributed by atoms with Crippen molar-refractivity contribution in [3.8, 4) is 0 Å². The zero-order chi connectivity index (χ0) is 12.7. The van der Waals surface area contributed by atoms with Crippen molar-refractivity contribution in [1.29, 1.82) is 0 Å². The summed E-state index contributed by atoms with van der Waals surface area (Å²) in [4.78, 5) is 10.6. The molecule has 0 amide bonds. The molecule has 0 aliphatic heterocycles. The molecule has 0 saturated carbocycles. The largest absolute Gasteiger partial charge is 0.398 e. The van der Waals surface area contributed by atoms with Gasteiger partial charge in [0.25, 0.3) is 5.69 Å². The summed E-state index contributed by atoms with van der Waals surface area (Å²) < 4.78 is 0. The first-order valence-corrected chi connectivity index (χ1v) is 5.52. The second-order valence-corrected chi connectivity index (χ2v) is 4.18. The van der Waals surface area contributed by atoms with E-state index in [1.165, 1.54) is 6.07 Å². The molecule has 0 radical (unpaired) electrons. The van der Waals surface area contributed by atoms with Gasteiger partial charge in [-0.3, -0.25) is 10.1 Å². The van der Waals surface area contributed by atoms with Crippen molar-refractivity contribution < 1.29 is 4.92 Å². The minimum Gasteiger partial charge on any atom is -0.398 e.